The molecule has 2 fully saturated rings. The van der Waals surface area contributed by atoms with E-state index in [0.29, 0.717) is 13.1 Å². The van der Waals surface area contributed by atoms with Gasteiger partial charge in [0, 0.05) is 38.2 Å². The van der Waals surface area contributed by atoms with Crippen molar-refractivity contribution in [2.24, 2.45) is 5.92 Å². The summed E-state index contributed by atoms with van der Waals surface area (Å²) in [4.78, 5) is 28.9. The van der Waals surface area contributed by atoms with Gasteiger partial charge < -0.3 is 9.80 Å². The van der Waals surface area contributed by atoms with Gasteiger partial charge in [0.05, 0.1) is 0 Å². The van der Waals surface area contributed by atoms with Gasteiger partial charge in [-0.1, -0.05) is 12.1 Å². The first kappa shape index (κ1) is 18.6. The SMILES string of the molecule is C/C(=C/C(=O)N1CCC(C(=O)N2CCCCC2)CC1)c1ccc(F)cc1. The van der Waals surface area contributed by atoms with Crippen molar-refractivity contribution < 1.29 is 14.0 Å². The summed E-state index contributed by atoms with van der Waals surface area (Å²) in [6, 6.07) is 6.15. The minimum atomic E-state index is -0.284. The number of hydrogen-bond acceptors (Lipinski definition) is 2. The standard InChI is InChI=1S/C21H27FN2O2/c1-16(17-5-7-19(22)8-6-17)15-20(25)23-13-9-18(10-14-23)21(26)24-11-3-2-4-12-24/h5-8,15,18H,2-4,9-14H2,1H3/b16-15-. The number of rotatable bonds is 3. The van der Waals surface area contributed by atoms with Gasteiger partial charge in [-0.3, -0.25) is 9.59 Å². The van der Waals surface area contributed by atoms with Crippen molar-refractivity contribution in [3.05, 3.63) is 41.7 Å². The lowest BCUT2D eigenvalue weighted by Gasteiger charge is -2.35. The average molecular weight is 358 g/mol. The monoisotopic (exact) mass is 358 g/mol. The first-order valence-electron chi connectivity index (χ1n) is 9.56. The van der Waals surface area contributed by atoms with Crippen LogP contribution in [0.15, 0.2) is 30.3 Å². The molecule has 1 aromatic rings. The van der Waals surface area contributed by atoms with Crippen LogP contribution in [0.25, 0.3) is 5.57 Å². The van der Waals surface area contributed by atoms with Crippen LogP contribution in [0.1, 0.15) is 44.6 Å². The molecule has 140 valence electrons. The number of likely N-dealkylation sites (tertiary alicyclic amines) is 2. The molecule has 0 saturated carbocycles. The van der Waals surface area contributed by atoms with E-state index in [1.807, 2.05) is 16.7 Å². The summed E-state index contributed by atoms with van der Waals surface area (Å²) in [5.41, 5.74) is 1.66. The maximum atomic E-state index is 13.0. The van der Waals surface area contributed by atoms with Crippen LogP contribution in [0.5, 0.6) is 0 Å². The van der Waals surface area contributed by atoms with E-state index in [1.54, 1.807) is 18.2 Å². The molecule has 2 saturated heterocycles. The van der Waals surface area contributed by atoms with E-state index in [0.717, 1.165) is 49.9 Å². The van der Waals surface area contributed by atoms with E-state index < -0.39 is 0 Å². The molecule has 0 bridgehead atoms. The Morgan fingerprint density at radius 3 is 2.19 bits per heavy atom. The zero-order chi connectivity index (χ0) is 18.5. The van der Waals surface area contributed by atoms with Gasteiger partial charge >= 0.3 is 0 Å². The molecule has 2 aliphatic heterocycles. The van der Waals surface area contributed by atoms with Crippen LogP contribution >= 0.6 is 0 Å². The van der Waals surface area contributed by atoms with Crippen LogP contribution in [0.4, 0.5) is 4.39 Å². The fraction of sp³-hybridized carbons (Fsp3) is 0.524. The van der Waals surface area contributed by atoms with Crippen LogP contribution in [0, 0.1) is 11.7 Å². The molecule has 4 nitrogen and oxygen atoms in total. The van der Waals surface area contributed by atoms with Gasteiger partial charge in [-0.25, -0.2) is 4.39 Å². The van der Waals surface area contributed by atoms with Gasteiger partial charge in [-0.2, -0.15) is 0 Å². The van der Waals surface area contributed by atoms with E-state index in [4.69, 9.17) is 0 Å². The van der Waals surface area contributed by atoms with Crippen LogP contribution in [0.2, 0.25) is 0 Å². The van der Waals surface area contributed by atoms with E-state index >= 15 is 0 Å². The highest BCUT2D eigenvalue weighted by molar-refractivity contribution is 5.95. The number of carbonyl (C=O) groups is 2. The van der Waals surface area contributed by atoms with E-state index in [9.17, 15) is 14.0 Å². The van der Waals surface area contributed by atoms with Crippen molar-refractivity contribution in [3.63, 3.8) is 0 Å². The number of allylic oxidation sites excluding steroid dienone is 1. The highest BCUT2D eigenvalue weighted by atomic mass is 19.1. The molecular weight excluding hydrogens is 331 g/mol. The molecule has 26 heavy (non-hydrogen) atoms. The molecule has 5 heteroatoms. The summed E-state index contributed by atoms with van der Waals surface area (Å²) in [6.45, 7) is 4.87. The van der Waals surface area contributed by atoms with Gasteiger partial charge in [0.25, 0.3) is 0 Å². The van der Waals surface area contributed by atoms with Gasteiger partial charge in [0.15, 0.2) is 0 Å². The van der Waals surface area contributed by atoms with Gasteiger partial charge in [0.1, 0.15) is 5.82 Å². The average Bonchev–Trinajstić information content (AvgIpc) is 2.68. The highest BCUT2D eigenvalue weighted by Crippen LogP contribution is 2.23. The normalized spacial score (nSPS) is 19.5. The number of carbonyl (C=O) groups excluding carboxylic acids is 2. The fourth-order valence-corrected chi connectivity index (χ4v) is 3.79. The summed E-state index contributed by atoms with van der Waals surface area (Å²) >= 11 is 0. The second-order valence-electron chi connectivity index (χ2n) is 7.32. The molecule has 0 unspecified atom stereocenters. The Bertz CT molecular complexity index is 670. The molecule has 0 atom stereocenters. The summed E-state index contributed by atoms with van der Waals surface area (Å²) in [5.74, 6) is 0.0122. The molecule has 1 aromatic carbocycles. The number of amides is 2. The Morgan fingerprint density at radius 2 is 1.58 bits per heavy atom. The second kappa shape index (κ2) is 8.47. The molecule has 2 amide bonds. The van der Waals surface area contributed by atoms with Gasteiger partial charge in [0.2, 0.25) is 11.8 Å². The predicted octanol–water partition coefficient (Wildman–Crippen LogP) is 3.48. The molecule has 0 spiro atoms. The number of piperidine rings is 2. The van der Waals surface area contributed by atoms with E-state index in [-0.39, 0.29) is 23.5 Å². The number of benzene rings is 1. The minimum absolute atomic E-state index is 0.0318. The number of nitrogens with zero attached hydrogens (tertiary/aromatic N) is 2. The van der Waals surface area contributed by atoms with Gasteiger partial charge in [-0.05, 0) is 62.3 Å². The Morgan fingerprint density at radius 1 is 0.962 bits per heavy atom. The summed E-state index contributed by atoms with van der Waals surface area (Å²) in [6.07, 6.45) is 6.53. The highest BCUT2D eigenvalue weighted by Gasteiger charge is 2.30. The summed E-state index contributed by atoms with van der Waals surface area (Å²) in [7, 11) is 0. The van der Waals surface area contributed by atoms with Crippen LogP contribution in [-0.4, -0.2) is 47.8 Å². The topological polar surface area (TPSA) is 40.6 Å². The third-order valence-electron chi connectivity index (χ3n) is 5.46. The van der Waals surface area contributed by atoms with E-state index in [1.165, 1.54) is 18.6 Å². The third-order valence-corrected chi connectivity index (χ3v) is 5.46. The number of hydrogen-bond donors (Lipinski definition) is 0. The maximum absolute atomic E-state index is 13.0. The van der Waals surface area contributed by atoms with Crippen molar-refractivity contribution in [3.8, 4) is 0 Å². The van der Waals surface area contributed by atoms with Gasteiger partial charge in [-0.15, -0.1) is 0 Å². The van der Waals surface area contributed by atoms with Crippen molar-refractivity contribution in [2.75, 3.05) is 26.2 Å². The molecule has 0 radical (unpaired) electrons. The summed E-state index contributed by atoms with van der Waals surface area (Å²) in [5, 5.41) is 0. The summed E-state index contributed by atoms with van der Waals surface area (Å²) < 4.78 is 13.0. The second-order valence-corrected chi connectivity index (χ2v) is 7.32. The Balaban J connectivity index is 1.53. The molecule has 3 rings (SSSR count). The molecule has 0 N–H and O–H groups in total. The largest absolute Gasteiger partial charge is 0.342 e. The quantitative estimate of drug-likeness (QED) is 0.776. The lowest BCUT2D eigenvalue weighted by Crippen LogP contribution is -2.45. The van der Waals surface area contributed by atoms with Crippen LogP contribution in [0.3, 0.4) is 0 Å². The van der Waals surface area contributed by atoms with Crippen LogP contribution < -0.4 is 0 Å². The first-order chi connectivity index (χ1) is 12.5. The lowest BCUT2D eigenvalue weighted by atomic mass is 9.94. The molecule has 2 heterocycles. The molecule has 0 aliphatic carbocycles. The zero-order valence-corrected chi connectivity index (χ0v) is 15.4. The molecule has 2 aliphatic rings. The fourth-order valence-electron chi connectivity index (χ4n) is 3.79. The zero-order valence-electron chi connectivity index (χ0n) is 15.4. The third kappa shape index (κ3) is 4.51. The van der Waals surface area contributed by atoms with Crippen LogP contribution in [-0.2, 0) is 9.59 Å². The molecule has 0 aromatic heterocycles. The smallest absolute Gasteiger partial charge is 0.246 e. The Hall–Kier alpha value is -2.17. The molecular formula is C21H27FN2O2. The maximum Gasteiger partial charge on any atom is 0.246 e. The van der Waals surface area contributed by atoms with Crippen molar-refractivity contribution in [1.29, 1.82) is 0 Å². The predicted molar refractivity (Wildman–Crippen MR) is 99.8 cm³/mol. The van der Waals surface area contributed by atoms with Crippen molar-refractivity contribution in [2.45, 2.75) is 39.0 Å². The number of halogens is 1. The van der Waals surface area contributed by atoms with E-state index in [2.05, 4.69) is 0 Å². The Labute approximate surface area is 154 Å². The Kier molecular flexibility index (Phi) is 6.07. The minimum Gasteiger partial charge on any atom is -0.342 e. The van der Waals surface area contributed by atoms with Crippen molar-refractivity contribution >= 4 is 17.4 Å². The first-order valence-corrected chi connectivity index (χ1v) is 9.56. The van der Waals surface area contributed by atoms with Crippen molar-refractivity contribution in [1.82, 2.24) is 9.80 Å². The lowest BCUT2D eigenvalue weighted by molar-refractivity contribution is -0.140.